The Hall–Kier alpha value is -3.86. The van der Waals surface area contributed by atoms with Crippen molar-refractivity contribution in [1.82, 2.24) is 14.1 Å². The number of carbonyl (C=O) groups excluding carboxylic acids is 1. The number of esters is 1. The molecular weight excluding hydrogens is 518 g/mol. The van der Waals surface area contributed by atoms with Crippen molar-refractivity contribution in [2.24, 2.45) is 0 Å². The first-order valence-electron chi connectivity index (χ1n) is 15.9. The molecule has 0 aliphatic carbocycles. The summed E-state index contributed by atoms with van der Waals surface area (Å²) in [5, 5.41) is 2.27. The molecule has 3 aromatic heterocycles. The van der Waals surface area contributed by atoms with E-state index in [9.17, 15) is 4.79 Å². The highest BCUT2D eigenvalue weighted by molar-refractivity contribution is 6.00. The molecule has 0 atom stereocenters. The van der Waals surface area contributed by atoms with Gasteiger partial charge >= 0.3 is 5.97 Å². The van der Waals surface area contributed by atoms with E-state index in [0.29, 0.717) is 5.69 Å². The lowest BCUT2D eigenvalue weighted by Crippen LogP contribution is -2.31. The minimum atomic E-state index is -1.10. The number of aryl methyl sites for hydroxylation is 2. The Balaban J connectivity index is 1.65. The van der Waals surface area contributed by atoms with Gasteiger partial charge in [0.25, 0.3) is 0 Å². The highest BCUT2D eigenvalue weighted by Gasteiger charge is 2.54. The fourth-order valence-electron chi connectivity index (χ4n) is 7.31. The highest BCUT2D eigenvalue weighted by atomic mass is 16.6. The standard InChI is InChI=1S/C37H43N3O2/c1-5-7-9-15-24-39-26(3)33(28-18-11-13-21-31(28)39)37(30-20-17-23-38-35(30)36(41)42-37)34-27(4)40(25-16-10-8-6-2)32-22-14-12-19-29(32)34/h11-14,17-23H,5-10,15-16,24-25H2,1-4H3. The first-order chi connectivity index (χ1) is 20.5. The van der Waals surface area contributed by atoms with E-state index in [4.69, 9.17) is 4.74 Å². The van der Waals surface area contributed by atoms with Gasteiger partial charge in [0, 0.05) is 69.2 Å². The van der Waals surface area contributed by atoms with Crippen LogP contribution in [0.4, 0.5) is 0 Å². The van der Waals surface area contributed by atoms with Crippen molar-refractivity contribution in [3.8, 4) is 0 Å². The number of benzene rings is 2. The van der Waals surface area contributed by atoms with Crippen LogP contribution in [0.3, 0.4) is 0 Å². The average molecular weight is 562 g/mol. The Morgan fingerprint density at radius 2 is 1.21 bits per heavy atom. The Kier molecular flexibility index (Phi) is 7.94. The molecule has 0 bridgehead atoms. The lowest BCUT2D eigenvalue weighted by molar-refractivity contribution is 0.0253. The maximum Gasteiger partial charge on any atom is 0.358 e. The molecule has 6 rings (SSSR count). The fraction of sp³-hybridized carbons (Fsp3) is 0.405. The van der Waals surface area contributed by atoms with Crippen LogP contribution in [0.5, 0.6) is 0 Å². The van der Waals surface area contributed by atoms with Gasteiger partial charge in [0.15, 0.2) is 11.3 Å². The van der Waals surface area contributed by atoms with Crippen molar-refractivity contribution < 1.29 is 9.53 Å². The molecule has 1 aliphatic rings. The van der Waals surface area contributed by atoms with Crippen LogP contribution in [0.1, 0.15) is 104 Å². The average Bonchev–Trinajstić information content (AvgIpc) is 3.58. The van der Waals surface area contributed by atoms with E-state index in [1.54, 1.807) is 6.20 Å². The van der Waals surface area contributed by atoms with Gasteiger partial charge in [-0.05, 0) is 44.9 Å². The van der Waals surface area contributed by atoms with Gasteiger partial charge in [-0.2, -0.15) is 0 Å². The molecule has 0 saturated carbocycles. The number of ether oxygens (including phenoxy) is 1. The maximum atomic E-state index is 13.7. The molecule has 0 radical (unpaired) electrons. The van der Waals surface area contributed by atoms with Gasteiger partial charge in [0.2, 0.25) is 0 Å². The van der Waals surface area contributed by atoms with Crippen molar-refractivity contribution in [3.05, 3.63) is 101 Å². The van der Waals surface area contributed by atoms with Gasteiger partial charge in [-0.15, -0.1) is 0 Å². The van der Waals surface area contributed by atoms with Crippen LogP contribution < -0.4 is 0 Å². The number of carbonyl (C=O) groups is 1. The lowest BCUT2D eigenvalue weighted by atomic mass is 9.78. The number of fused-ring (bicyclic) bond motifs is 3. The third kappa shape index (κ3) is 4.45. The van der Waals surface area contributed by atoms with E-state index in [1.165, 1.54) is 49.6 Å². The van der Waals surface area contributed by atoms with Crippen LogP contribution in [0.15, 0.2) is 66.9 Å². The van der Waals surface area contributed by atoms with Crippen LogP contribution in [0.25, 0.3) is 21.8 Å². The van der Waals surface area contributed by atoms with E-state index in [-0.39, 0.29) is 5.97 Å². The molecular formula is C37H43N3O2. The second-order valence-corrected chi connectivity index (χ2v) is 11.8. The predicted octanol–water partition coefficient (Wildman–Crippen LogP) is 9.23. The zero-order chi connectivity index (χ0) is 29.3. The van der Waals surface area contributed by atoms with Crippen LogP contribution >= 0.6 is 0 Å². The third-order valence-corrected chi connectivity index (χ3v) is 9.26. The van der Waals surface area contributed by atoms with E-state index in [0.717, 1.165) is 64.8 Å². The third-order valence-electron chi connectivity index (χ3n) is 9.26. The highest BCUT2D eigenvalue weighted by Crippen LogP contribution is 2.53. The Bertz CT molecular complexity index is 1650. The van der Waals surface area contributed by atoms with Crippen LogP contribution in [-0.2, 0) is 23.4 Å². The monoisotopic (exact) mass is 561 g/mol. The topological polar surface area (TPSA) is 49.0 Å². The SMILES string of the molecule is CCCCCCn1c(C)c(C2(c3c(C)n(CCCCCC)c4ccccc34)OC(=O)c3ncccc32)c2ccccc21. The largest absolute Gasteiger partial charge is 0.439 e. The number of hydrogen-bond donors (Lipinski definition) is 0. The molecule has 0 spiro atoms. The molecule has 1 aliphatic heterocycles. The van der Waals surface area contributed by atoms with Gasteiger partial charge in [0.1, 0.15) is 0 Å². The van der Waals surface area contributed by atoms with Crippen molar-refractivity contribution in [3.63, 3.8) is 0 Å². The molecule has 0 saturated heterocycles. The normalized spacial score (nSPS) is 14.1. The van der Waals surface area contributed by atoms with Crippen LogP contribution in [0, 0.1) is 13.8 Å². The smallest absolute Gasteiger partial charge is 0.358 e. The van der Waals surface area contributed by atoms with E-state index >= 15 is 0 Å². The molecule has 218 valence electrons. The summed E-state index contributed by atoms with van der Waals surface area (Å²) in [5.41, 5.74) is 6.95. The molecule has 42 heavy (non-hydrogen) atoms. The Morgan fingerprint density at radius 1 is 0.690 bits per heavy atom. The van der Waals surface area contributed by atoms with E-state index in [1.807, 2.05) is 12.1 Å². The fourth-order valence-corrected chi connectivity index (χ4v) is 7.31. The molecule has 0 unspecified atom stereocenters. The molecule has 4 heterocycles. The number of pyridine rings is 1. The number of aromatic nitrogens is 3. The summed E-state index contributed by atoms with van der Waals surface area (Å²) in [4.78, 5) is 18.3. The van der Waals surface area contributed by atoms with Gasteiger partial charge in [0.05, 0.1) is 0 Å². The van der Waals surface area contributed by atoms with Crippen molar-refractivity contribution in [2.75, 3.05) is 0 Å². The van der Waals surface area contributed by atoms with Crippen LogP contribution in [-0.4, -0.2) is 20.1 Å². The van der Waals surface area contributed by atoms with Gasteiger partial charge in [-0.1, -0.05) is 94.8 Å². The molecule has 5 heteroatoms. The minimum Gasteiger partial charge on any atom is -0.439 e. The number of hydrogen-bond acceptors (Lipinski definition) is 3. The van der Waals surface area contributed by atoms with Gasteiger partial charge in [-0.3, -0.25) is 0 Å². The van der Waals surface area contributed by atoms with Crippen molar-refractivity contribution in [1.29, 1.82) is 0 Å². The zero-order valence-electron chi connectivity index (χ0n) is 25.6. The first-order valence-corrected chi connectivity index (χ1v) is 15.9. The number of nitrogens with zero attached hydrogens (tertiary/aromatic N) is 3. The summed E-state index contributed by atoms with van der Waals surface area (Å²) in [5.74, 6) is -0.357. The summed E-state index contributed by atoms with van der Waals surface area (Å²) in [6.45, 7) is 10.8. The minimum absolute atomic E-state index is 0.357. The number of rotatable bonds is 12. The van der Waals surface area contributed by atoms with Crippen LogP contribution in [0.2, 0.25) is 0 Å². The van der Waals surface area contributed by atoms with E-state index < -0.39 is 5.60 Å². The molecule has 0 N–H and O–H groups in total. The molecule has 0 fully saturated rings. The van der Waals surface area contributed by atoms with Crippen molar-refractivity contribution >= 4 is 27.8 Å². The van der Waals surface area contributed by atoms with Crippen molar-refractivity contribution in [2.45, 2.75) is 97.8 Å². The molecule has 0 amide bonds. The predicted molar refractivity (Wildman–Crippen MR) is 171 cm³/mol. The quantitative estimate of drug-likeness (QED) is 0.113. The second kappa shape index (κ2) is 11.8. The summed E-state index contributed by atoms with van der Waals surface area (Å²) in [6.07, 6.45) is 11.2. The second-order valence-electron chi connectivity index (χ2n) is 11.8. The number of cyclic esters (lactones) is 1. The summed E-state index contributed by atoms with van der Waals surface area (Å²) in [6, 6.07) is 21.2. The lowest BCUT2D eigenvalue weighted by Gasteiger charge is -2.31. The zero-order valence-corrected chi connectivity index (χ0v) is 25.6. The summed E-state index contributed by atoms with van der Waals surface area (Å²) < 4.78 is 11.6. The maximum absolute atomic E-state index is 13.7. The number of para-hydroxylation sites is 2. The number of unbranched alkanes of at least 4 members (excludes halogenated alkanes) is 6. The summed E-state index contributed by atoms with van der Waals surface area (Å²) in [7, 11) is 0. The summed E-state index contributed by atoms with van der Waals surface area (Å²) >= 11 is 0. The van der Waals surface area contributed by atoms with Gasteiger partial charge < -0.3 is 13.9 Å². The molecule has 5 nitrogen and oxygen atoms in total. The first kappa shape index (κ1) is 28.3. The molecule has 5 aromatic rings. The van der Waals surface area contributed by atoms with Gasteiger partial charge in [-0.25, -0.2) is 9.78 Å². The Morgan fingerprint density at radius 3 is 1.74 bits per heavy atom. The Labute approximate surface area is 249 Å². The van der Waals surface area contributed by atoms with E-state index in [2.05, 4.69) is 90.3 Å². The molecule has 2 aromatic carbocycles.